The lowest BCUT2D eigenvalue weighted by atomic mass is 9.55. The highest BCUT2D eigenvalue weighted by molar-refractivity contribution is 6.03. The lowest BCUT2D eigenvalue weighted by Gasteiger charge is -2.59. The second kappa shape index (κ2) is 18.5. The van der Waals surface area contributed by atoms with Crippen LogP contribution in [0.1, 0.15) is 76.7 Å². The molecule has 0 aromatic heterocycles. The molecule has 1 aliphatic heterocycles. The van der Waals surface area contributed by atoms with Crippen LogP contribution in [0.15, 0.2) is 71.9 Å². The second-order valence-corrected chi connectivity index (χ2v) is 13.7. The molecule has 6 atom stereocenters. The number of non-ortho nitro benzene ring substituents is 1. The number of fused-ring (bicyclic) bond motifs is 2. The Morgan fingerprint density at radius 3 is 2.55 bits per heavy atom. The van der Waals surface area contributed by atoms with Gasteiger partial charge < -0.3 is 34.0 Å². The molecule has 13 heteroatoms. The summed E-state index contributed by atoms with van der Waals surface area (Å²) in [7, 11) is 1.36. The smallest absolute Gasteiger partial charge is 0.409 e. The number of nitrogens with zero attached hydrogens (tertiary/aromatic N) is 3. The van der Waals surface area contributed by atoms with Gasteiger partial charge in [-0.05, 0) is 80.7 Å². The van der Waals surface area contributed by atoms with E-state index < -0.39 is 28.8 Å². The lowest BCUT2D eigenvalue weighted by molar-refractivity contribution is -0.384. The van der Waals surface area contributed by atoms with Crippen LogP contribution in [-0.4, -0.2) is 83.8 Å². The van der Waals surface area contributed by atoms with Crippen LogP contribution in [0.5, 0.6) is 17.2 Å². The summed E-state index contributed by atoms with van der Waals surface area (Å²) < 4.78 is 25.6. The number of amides is 1. The van der Waals surface area contributed by atoms with E-state index in [1.165, 1.54) is 19.2 Å². The fourth-order valence-electron chi connectivity index (χ4n) is 8.38. The van der Waals surface area contributed by atoms with Crippen LogP contribution >= 0.6 is 0 Å². The number of rotatable bonds is 19. The molecule has 2 aromatic rings. The topological polar surface area (TPSA) is 162 Å². The SMILES string of the molecule is C=CCOC12Oc3ccc(Oc4cccc([N+](=O)[O-])c4)cc3C3C(CCCCO)C(CCCCO)C=C(C(=NOCC)CC1N(CCC)C(=O)OC)C32. The van der Waals surface area contributed by atoms with Crippen molar-refractivity contribution in [1.82, 2.24) is 4.90 Å². The molecule has 0 spiro atoms. The monoisotopic (exact) mass is 735 g/mol. The molecule has 3 aliphatic rings. The maximum Gasteiger partial charge on any atom is 0.409 e. The normalized spacial score (nSPS) is 25.0. The fraction of sp³-hybridized carbons (Fsp3) is 0.550. The molecular weight excluding hydrogens is 682 g/mol. The molecule has 2 aliphatic carbocycles. The standard InChI is InChI=1S/C40H53N3O10/c1-5-19-42(39(46)49-4)36-26-34(41-51-7-3)32-23-27(13-8-10-20-44)31(16-9-11-21-45)37-33-25-30(52-29-15-12-14-28(24-29)43(47)48)17-18-35(33)53-40(36,38(32)37)50-22-6-2/h6,12,14-15,17-18,23-25,27,31,36-38,44-45H,2,5,7-11,13,16,19-22,26H2,1,3-4H3. The summed E-state index contributed by atoms with van der Waals surface area (Å²) in [5.41, 5.74) is 2.42. The third-order valence-corrected chi connectivity index (χ3v) is 10.5. The van der Waals surface area contributed by atoms with Crippen LogP contribution < -0.4 is 9.47 Å². The van der Waals surface area contributed by atoms with E-state index in [-0.39, 0.29) is 49.7 Å². The third-order valence-electron chi connectivity index (χ3n) is 10.5. The minimum atomic E-state index is -1.39. The molecule has 0 bridgehead atoms. The van der Waals surface area contributed by atoms with Crippen LogP contribution in [0, 0.1) is 27.9 Å². The van der Waals surface area contributed by atoms with Gasteiger partial charge >= 0.3 is 6.09 Å². The van der Waals surface area contributed by atoms with E-state index in [0.29, 0.717) is 55.4 Å². The summed E-state index contributed by atoms with van der Waals surface area (Å²) in [6, 6.07) is 10.9. The van der Waals surface area contributed by atoms with Crippen LogP contribution in [0.4, 0.5) is 10.5 Å². The number of carbonyl (C=O) groups excluding carboxylic acids is 1. The Bertz CT molecular complexity index is 1650. The second-order valence-electron chi connectivity index (χ2n) is 13.7. The molecule has 0 radical (unpaired) electrons. The average Bonchev–Trinajstić information content (AvgIpc) is 3.16. The van der Waals surface area contributed by atoms with Gasteiger partial charge in [-0.1, -0.05) is 43.1 Å². The van der Waals surface area contributed by atoms with Crippen LogP contribution in [0.2, 0.25) is 0 Å². The Balaban J connectivity index is 1.77. The number of hydrogen-bond donors (Lipinski definition) is 2. The van der Waals surface area contributed by atoms with Crippen LogP contribution in [-0.2, 0) is 14.3 Å². The first kappa shape index (κ1) is 39.7. The predicted octanol–water partition coefficient (Wildman–Crippen LogP) is 7.52. The van der Waals surface area contributed by atoms with Crippen molar-refractivity contribution in [3.05, 3.63) is 82.4 Å². The Morgan fingerprint density at radius 1 is 1.11 bits per heavy atom. The molecule has 1 saturated carbocycles. The van der Waals surface area contributed by atoms with Gasteiger partial charge in [0.15, 0.2) is 0 Å². The van der Waals surface area contributed by atoms with Gasteiger partial charge in [-0.2, -0.15) is 0 Å². The van der Waals surface area contributed by atoms with Crippen molar-refractivity contribution in [2.75, 3.05) is 40.1 Å². The number of hydrogen-bond acceptors (Lipinski definition) is 11. The number of aliphatic hydroxyl groups excluding tert-OH is 2. The van der Waals surface area contributed by atoms with Gasteiger partial charge in [0, 0.05) is 43.7 Å². The molecule has 288 valence electrons. The highest BCUT2D eigenvalue weighted by Gasteiger charge is 2.65. The van der Waals surface area contributed by atoms with Crippen molar-refractivity contribution in [3.63, 3.8) is 0 Å². The van der Waals surface area contributed by atoms with E-state index in [1.807, 2.05) is 26.0 Å². The van der Waals surface area contributed by atoms with E-state index in [0.717, 1.165) is 36.8 Å². The number of allylic oxidation sites excluding steroid dienone is 1. The van der Waals surface area contributed by atoms with Crippen molar-refractivity contribution in [2.45, 2.75) is 83.0 Å². The number of unbranched alkanes of at least 4 members (excludes halogenated alkanes) is 2. The zero-order valence-electron chi connectivity index (χ0n) is 31.0. The minimum Gasteiger partial charge on any atom is -0.459 e. The molecule has 1 amide bonds. The number of methoxy groups -OCH3 is 1. The molecule has 1 fully saturated rings. The first-order valence-corrected chi connectivity index (χ1v) is 18.7. The van der Waals surface area contributed by atoms with Gasteiger partial charge in [0.25, 0.3) is 5.69 Å². The van der Waals surface area contributed by atoms with E-state index in [2.05, 4.69) is 17.8 Å². The highest BCUT2D eigenvalue weighted by Crippen LogP contribution is 2.62. The van der Waals surface area contributed by atoms with Gasteiger partial charge in [0.05, 0.1) is 36.3 Å². The minimum absolute atomic E-state index is 0.0289. The summed E-state index contributed by atoms with van der Waals surface area (Å²) in [5, 5.41) is 35.8. The Hall–Kier alpha value is -4.46. The van der Waals surface area contributed by atoms with Crippen molar-refractivity contribution in [2.24, 2.45) is 22.9 Å². The van der Waals surface area contributed by atoms with Gasteiger partial charge in [0.1, 0.15) is 29.9 Å². The zero-order chi connectivity index (χ0) is 38.0. The summed E-state index contributed by atoms with van der Waals surface area (Å²) >= 11 is 0. The van der Waals surface area contributed by atoms with E-state index in [9.17, 15) is 25.1 Å². The average molecular weight is 736 g/mol. The molecular formula is C40H53N3O10. The number of ether oxygens (including phenoxy) is 4. The van der Waals surface area contributed by atoms with Gasteiger partial charge in [-0.25, -0.2) is 4.79 Å². The summed E-state index contributed by atoms with van der Waals surface area (Å²) in [4.78, 5) is 32.1. The Labute approximate surface area is 311 Å². The van der Waals surface area contributed by atoms with Crippen molar-refractivity contribution in [3.8, 4) is 17.2 Å². The summed E-state index contributed by atoms with van der Waals surface area (Å²) in [5.74, 6) is -0.642. The number of carbonyl (C=O) groups is 1. The molecule has 6 unspecified atom stereocenters. The predicted molar refractivity (Wildman–Crippen MR) is 199 cm³/mol. The molecule has 5 rings (SSSR count). The molecule has 53 heavy (non-hydrogen) atoms. The van der Waals surface area contributed by atoms with Crippen LogP contribution in [0.3, 0.4) is 0 Å². The lowest BCUT2D eigenvalue weighted by Crippen LogP contribution is -2.70. The number of nitro groups is 1. The number of benzene rings is 2. The zero-order valence-corrected chi connectivity index (χ0v) is 31.0. The first-order chi connectivity index (χ1) is 25.8. The third kappa shape index (κ3) is 8.53. The summed E-state index contributed by atoms with van der Waals surface area (Å²) in [6.45, 7) is 8.86. The maximum atomic E-state index is 13.6. The molecule has 13 nitrogen and oxygen atoms in total. The van der Waals surface area contributed by atoms with Crippen molar-refractivity contribution < 1.29 is 43.7 Å². The van der Waals surface area contributed by atoms with Gasteiger partial charge in [-0.15, -0.1) is 6.58 Å². The van der Waals surface area contributed by atoms with Crippen molar-refractivity contribution in [1.29, 1.82) is 0 Å². The van der Waals surface area contributed by atoms with E-state index in [4.69, 9.17) is 23.8 Å². The van der Waals surface area contributed by atoms with Gasteiger partial charge in [0.2, 0.25) is 5.79 Å². The number of nitro benzene ring substituents is 1. The fourth-order valence-corrected chi connectivity index (χ4v) is 8.38. The molecule has 0 saturated heterocycles. The van der Waals surface area contributed by atoms with Gasteiger partial charge in [-0.3, -0.25) is 15.0 Å². The largest absolute Gasteiger partial charge is 0.459 e. The van der Waals surface area contributed by atoms with Crippen LogP contribution in [0.25, 0.3) is 0 Å². The number of oxime groups is 1. The Kier molecular flexibility index (Phi) is 13.9. The maximum absolute atomic E-state index is 13.6. The van der Waals surface area contributed by atoms with E-state index in [1.54, 1.807) is 29.2 Å². The quantitative estimate of drug-likeness (QED) is 0.0639. The number of aliphatic hydroxyl groups is 2. The molecule has 2 aromatic carbocycles. The van der Waals surface area contributed by atoms with Crippen molar-refractivity contribution >= 4 is 17.5 Å². The van der Waals surface area contributed by atoms with E-state index >= 15 is 0 Å². The Morgan fingerprint density at radius 2 is 1.87 bits per heavy atom. The summed E-state index contributed by atoms with van der Waals surface area (Å²) in [6.07, 6.45) is 8.86. The highest BCUT2D eigenvalue weighted by atomic mass is 16.7. The molecule has 2 N–H and O–H groups in total. The molecule has 1 heterocycles. The first-order valence-electron chi connectivity index (χ1n) is 18.7.